The Labute approximate surface area is 171 Å². The summed E-state index contributed by atoms with van der Waals surface area (Å²) < 4.78 is 14.3. The first-order valence-corrected chi connectivity index (χ1v) is 12.0. The van der Waals surface area contributed by atoms with Crippen molar-refractivity contribution in [2.75, 3.05) is 0 Å². The first-order valence-electron chi connectivity index (χ1n) is 10.5. The minimum atomic E-state index is -2.48. The van der Waals surface area contributed by atoms with E-state index in [2.05, 4.69) is 31.2 Å². The van der Waals surface area contributed by atoms with Gasteiger partial charge in [-0.25, -0.2) is 0 Å². The van der Waals surface area contributed by atoms with Crippen LogP contribution in [0.3, 0.4) is 0 Å². The second-order valence-corrected chi connectivity index (χ2v) is 9.87. The van der Waals surface area contributed by atoms with Crippen molar-refractivity contribution in [1.29, 1.82) is 0 Å². The third-order valence-electron chi connectivity index (χ3n) is 5.22. The zero-order chi connectivity index (χ0) is 19.7. The van der Waals surface area contributed by atoms with Gasteiger partial charge in [-0.15, -0.1) is 0 Å². The fourth-order valence-electron chi connectivity index (χ4n) is 3.59. The molecule has 0 saturated heterocycles. The highest BCUT2D eigenvalue weighted by atomic mass is 32.2. The Morgan fingerprint density at radius 1 is 0.571 bits per heavy atom. The minimum Gasteiger partial charge on any atom is -0.0875 e. The molecular weight excluding hydrogens is 360 g/mol. The molecule has 28 heavy (non-hydrogen) atoms. The van der Waals surface area contributed by atoms with E-state index in [9.17, 15) is 4.21 Å². The largest absolute Gasteiger partial charge is 0.182 e. The Hall–Kier alpha value is -2.19. The van der Waals surface area contributed by atoms with Crippen LogP contribution in [0, 0.1) is 0 Å². The summed E-state index contributed by atoms with van der Waals surface area (Å²) >= 11 is 0. The third kappa shape index (κ3) is 4.99. The van der Waals surface area contributed by atoms with Crippen LogP contribution < -0.4 is 0 Å². The molecule has 146 valence electrons. The van der Waals surface area contributed by atoms with Crippen LogP contribution in [0.2, 0.25) is 0 Å². The SMILES string of the molecule is CCCCCCCCc1ccc([S+](=O)(c2ccccc2)c2ccccc2)cc1. The Morgan fingerprint density at radius 2 is 1.04 bits per heavy atom. The molecule has 0 aliphatic carbocycles. The number of unbranched alkanes of at least 4 members (excludes halogenated alkanes) is 5. The number of hydrogen-bond acceptors (Lipinski definition) is 1. The third-order valence-corrected chi connectivity index (χ3v) is 8.03. The van der Waals surface area contributed by atoms with E-state index in [0.29, 0.717) is 0 Å². The molecule has 0 aromatic heterocycles. The fourth-order valence-corrected chi connectivity index (χ4v) is 6.01. The zero-order valence-corrected chi connectivity index (χ0v) is 17.7. The first kappa shape index (κ1) is 20.5. The van der Waals surface area contributed by atoms with E-state index in [1.807, 2.05) is 60.7 Å². The molecule has 2 heteroatoms. The van der Waals surface area contributed by atoms with Crippen molar-refractivity contribution in [2.24, 2.45) is 0 Å². The molecule has 3 rings (SSSR count). The van der Waals surface area contributed by atoms with Gasteiger partial charge in [0, 0.05) is 0 Å². The summed E-state index contributed by atoms with van der Waals surface area (Å²) in [6.45, 7) is 2.25. The second-order valence-electron chi connectivity index (χ2n) is 7.34. The Kier molecular flexibility index (Phi) is 7.62. The highest BCUT2D eigenvalue weighted by molar-refractivity contribution is 8.03. The molecule has 0 aliphatic rings. The van der Waals surface area contributed by atoms with Gasteiger partial charge in [-0.1, -0.05) is 91.8 Å². The van der Waals surface area contributed by atoms with Gasteiger partial charge in [0.1, 0.15) is 0 Å². The molecule has 0 N–H and O–H groups in total. The first-order chi connectivity index (χ1) is 13.7. The van der Waals surface area contributed by atoms with E-state index in [1.165, 1.54) is 44.1 Å². The summed E-state index contributed by atoms with van der Waals surface area (Å²) in [5, 5.41) is 0. The normalized spacial score (nSPS) is 11.5. The topological polar surface area (TPSA) is 17.1 Å². The standard InChI is InChI=1S/C26H31OS/c1-2-3-4-5-6-9-14-23-19-21-26(22-20-23)28(27,24-15-10-7-11-16-24)25-17-12-8-13-18-25/h7-8,10-13,15-22H,2-6,9,14H2,1H3/q+1. The molecule has 0 saturated carbocycles. The van der Waals surface area contributed by atoms with Crippen molar-refractivity contribution in [3.8, 4) is 0 Å². The second kappa shape index (κ2) is 10.4. The van der Waals surface area contributed by atoms with Crippen molar-refractivity contribution in [2.45, 2.75) is 66.6 Å². The average molecular weight is 392 g/mol. The zero-order valence-electron chi connectivity index (χ0n) is 16.8. The fraction of sp³-hybridized carbons (Fsp3) is 0.308. The molecule has 0 atom stereocenters. The van der Waals surface area contributed by atoms with Gasteiger partial charge in [0.2, 0.25) is 0 Å². The Balaban J connectivity index is 1.78. The average Bonchev–Trinajstić information content (AvgIpc) is 2.77. The van der Waals surface area contributed by atoms with Crippen LogP contribution >= 0.6 is 0 Å². The predicted molar refractivity (Wildman–Crippen MR) is 119 cm³/mol. The van der Waals surface area contributed by atoms with Gasteiger partial charge in [0.15, 0.2) is 24.6 Å². The van der Waals surface area contributed by atoms with E-state index < -0.39 is 9.93 Å². The molecule has 0 amide bonds. The lowest BCUT2D eigenvalue weighted by Crippen LogP contribution is -2.12. The number of aryl methyl sites for hydroxylation is 1. The van der Waals surface area contributed by atoms with E-state index in [1.54, 1.807) is 0 Å². The molecule has 0 radical (unpaired) electrons. The van der Waals surface area contributed by atoms with Gasteiger partial charge in [0.05, 0.1) is 0 Å². The van der Waals surface area contributed by atoms with Crippen LogP contribution in [-0.4, -0.2) is 0 Å². The summed E-state index contributed by atoms with van der Waals surface area (Å²) in [6, 6.07) is 28.1. The smallest absolute Gasteiger partial charge is 0.0875 e. The molecule has 0 bridgehead atoms. The van der Waals surface area contributed by atoms with Crippen molar-refractivity contribution in [1.82, 2.24) is 0 Å². The van der Waals surface area contributed by atoms with Crippen molar-refractivity contribution in [3.05, 3.63) is 90.5 Å². The molecule has 3 aromatic carbocycles. The summed E-state index contributed by atoms with van der Waals surface area (Å²) in [6.07, 6.45) is 8.96. The molecular formula is C26H31OS+. The van der Waals surface area contributed by atoms with Crippen molar-refractivity contribution in [3.63, 3.8) is 0 Å². The van der Waals surface area contributed by atoms with Gasteiger partial charge < -0.3 is 0 Å². The molecule has 3 aromatic rings. The van der Waals surface area contributed by atoms with Gasteiger partial charge in [-0.05, 0) is 54.8 Å². The Bertz CT molecular complexity index is 826. The number of hydrogen-bond donors (Lipinski definition) is 0. The van der Waals surface area contributed by atoms with Crippen LogP contribution in [0.15, 0.2) is 99.6 Å². The van der Waals surface area contributed by atoms with E-state index in [0.717, 1.165) is 21.1 Å². The number of benzene rings is 3. The van der Waals surface area contributed by atoms with Crippen LogP contribution in [0.4, 0.5) is 0 Å². The van der Waals surface area contributed by atoms with E-state index in [4.69, 9.17) is 0 Å². The van der Waals surface area contributed by atoms with Crippen LogP contribution in [-0.2, 0) is 20.6 Å². The van der Waals surface area contributed by atoms with Gasteiger partial charge in [0.25, 0.3) is 0 Å². The minimum absolute atomic E-state index is 0.866. The van der Waals surface area contributed by atoms with Crippen LogP contribution in [0.5, 0.6) is 0 Å². The lowest BCUT2D eigenvalue weighted by molar-refractivity contribution is 0.584. The van der Waals surface area contributed by atoms with Gasteiger partial charge >= 0.3 is 0 Å². The maximum Gasteiger partial charge on any atom is 0.182 e. The highest BCUT2D eigenvalue weighted by Crippen LogP contribution is 2.36. The molecule has 0 spiro atoms. The molecule has 0 unspecified atom stereocenters. The highest BCUT2D eigenvalue weighted by Gasteiger charge is 2.37. The number of rotatable bonds is 10. The van der Waals surface area contributed by atoms with Crippen LogP contribution in [0.25, 0.3) is 0 Å². The van der Waals surface area contributed by atoms with Crippen molar-refractivity contribution >= 4 is 9.93 Å². The molecule has 0 heterocycles. The molecule has 1 nitrogen and oxygen atoms in total. The summed E-state index contributed by atoms with van der Waals surface area (Å²) in [7, 11) is -2.48. The quantitative estimate of drug-likeness (QED) is 0.257. The van der Waals surface area contributed by atoms with E-state index in [-0.39, 0.29) is 0 Å². The summed E-state index contributed by atoms with van der Waals surface area (Å²) in [5.41, 5.74) is 1.34. The van der Waals surface area contributed by atoms with Gasteiger partial charge in [-0.2, -0.15) is 0 Å². The maximum absolute atomic E-state index is 14.3. The summed E-state index contributed by atoms with van der Waals surface area (Å²) in [4.78, 5) is 2.62. The maximum atomic E-state index is 14.3. The van der Waals surface area contributed by atoms with Crippen molar-refractivity contribution < 1.29 is 4.21 Å². The monoisotopic (exact) mass is 391 g/mol. The summed E-state index contributed by atoms with van der Waals surface area (Å²) in [5.74, 6) is 0. The molecule has 0 fully saturated rings. The van der Waals surface area contributed by atoms with E-state index >= 15 is 0 Å². The van der Waals surface area contributed by atoms with Gasteiger partial charge in [-0.3, -0.25) is 0 Å². The Morgan fingerprint density at radius 3 is 1.57 bits per heavy atom. The lowest BCUT2D eigenvalue weighted by atomic mass is 10.1. The predicted octanol–water partition coefficient (Wildman–Crippen LogP) is 7.57. The molecule has 0 aliphatic heterocycles. The van der Waals surface area contributed by atoms with Crippen LogP contribution in [0.1, 0.15) is 51.0 Å². The lowest BCUT2D eigenvalue weighted by Gasteiger charge is -2.12.